The van der Waals surface area contributed by atoms with Gasteiger partial charge in [0.1, 0.15) is 11.8 Å². The number of nitrogens with zero attached hydrogens (tertiary/aromatic N) is 1. The van der Waals surface area contributed by atoms with Crippen LogP contribution in [0.15, 0.2) is 53.4 Å². The number of rotatable bonds is 10. The van der Waals surface area contributed by atoms with Crippen molar-refractivity contribution in [3.63, 3.8) is 0 Å². The first-order valence-electron chi connectivity index (χ1n) is 11.6. The van der Waals surface area contributed by atoms with Crippen molar-refractivity contribution in [1.29, 1.82) is 0 Å². The Morgan fingerprint density at radius 3 is 2.55 bits per heavy atom. The number of carbonyl (C=O) groups excluding carboxylic acids is 2. The van der Waals surface area contributed by atoms with E-state index in [0.717, 1.165) is 41.9 Å². The van der Waals surface area contributed by atoms with Crippen LogP contribution in [0.5, 0.6) is 5.75 Å². The SMILES string of the molecule is CC[C@@H](C(=O)NC1CCCCC1)N(Cc1cccc(OC)c1)C(=O)CSc1ccc(Cl)cc1. The molecule has 2 amide bonds. The Morgan fingerprint density at radius 1 is 1.15 bits per heavy atom. The summed E-state index contributed by atoms with van der Waals surface area (Å²) in [5.74, 6) is 0.856. The van der Waals surface area contributed by atoms with Gasteiger partial charge in [-0.25, -0.2) is 0 Å². The number of thioether (sulfide) groups is 1. The molecule has 1 N–H and O–H groups in total. The van der Waals surface area contributed by atoms with E-state index in [1.54, 1.807) is 12.0 Å². The van der Waals surface area contributed by atoms with E-state index >= 15 is 0 Å². The molecule has 2 aromatic carbocycles. The molecule has 0 aliphatic heterocycles. The van der Waals surface area contributed by atoms with Crippen LogP contribution in [0.2, 0.25) is 5.02 Å². The second kappa shape index (κ2) is 12.9. The van der Waals surface area contributed by atoms with Crippen molar-refractivity contribution in [2.24, 2.45) is 0 Å². The first-order valence-corrected chi connectivity index (χ1v) is 13.0. The van der Waals surface area contributed by atoms with Gasteiger partial charge in [0.25, 0.3) is 0 Å². The maximum Gasteiger partial charge on any atom is 0.243 e. The second-order valence-electron chi connectivity index (χ2n) is 8.38. The molecule has 1 aliphatic carbocycles. The molecule has 0 bridgehead atoms. The predicted molar refractivity (Wildman–Crippen MR) is 135 cm³/mol. The highest BCUT2D eigenvalue weighted by Crippen LogP contribution is 2.24. The smallest absolute Gasteiger partial charge is 0.243 e. The van der Waals surface area contributed by atoms with Crippen LogP contribution in [-0.4, -0.2) is 41.7 Å². The molecule has 3 rings (SSSR count). The van der Waals surface area contributed by atoms with Crippen LogP contribution in [-0.2, 0) is 16.1 Å². The summed E-state index contributed by atoms with van der Waals surface area (Å²) in [5.41, 5.74) is 0.933. The Morgan fingerprint density at radius 2 is 1.88 bits per heavy atom. The molecule has 0 heterocycles. The molecule has 178 valence electrons. The van der Waals surface area contributed by atoms with E-state index in [4.69, 9.17) is 16.3 Å². The van der Waals surface area contributed by atoms with Crippen molar-refractivity contribution in [2.45, 2.75) is 69.0 Å². The highest BCUT2D eigenvalue weighted by Gasteiger charge is 2.30. The normalized spacial score (nSPS) is 15.0. The zero-order chi connectivity index (χ0) is 23.6. The van der Waals surface area contributed by atoms with Gasteiger partial charge in [-0.2, -0.15) is 0 Å². The highest BCUT2D eigenvalue weighted by atomic mass is 35.5. The quantitative estimate of drug-likeness (QED) is 0.436. The average molecular weight is 489 g/mol. The number of carbonyl (C=O) groups is 2. The summed E-state index contributed by atoms with van der Waals surface area (Å²) in [5, 5.41) is 3.88. The summed E-state index contributed by atoms with van der Waals surface area (Å²) in [6.45, 7) is 2.32. The minimum Gasteiger partial charge on any atom is -0.497 e. The van der Waals surface area contributed by atoms with Gasteiger partial charge in [0.2, 0.25) is 11.8 Å². The Hall–Kier alpha value is -2.18. The molecule has 0 radical (unpaired) electrons. The Kier molecular flexibility index (Phi) is 9.95. The number of hydrogen-bond donors (Lipinski definition) is 1. The first-order chi connectivity index (χ1) is 16.0. The summed E-state index contributed by atoms with van der Waals surface area (Å²) in [6.07, 6.45) is 6.10. The van der Waals surface area contributed by atoms with Crippen molar-refractivity contribution in [3.8, 4) is 5.75 Å². The van der Waals surface area contributed by atoms with Crippen LogP contribution >= 0.6 is 23.4 Å². The van der Waals surface area contributed by atoms with Crippen molar-refractivity contribution < 1.29 is 14.3 Å². The monoisotopic (exact) mass is 488 g/mol. The number of benzene rings is 2. The van der Waals surface area contributed by atoms with Gasteiger partial charge < -0.3 is 15.0 Å². The predicted octanol–water partition coefficient (Wildman–Crippen LogP) is 5.70. The van der Waals surface area contributed by atoms with E-state index in [0.29, 0.717) is 18.0 Å². The molecule has 0 unspecified atom stereocenters. The third-order valence-electron chi connectivity index (χ3n) is 6.00. The molecule has 0 aromatic heterocycles. The minimum atomic E-state index is -0.517. The zero-order valence-electron chi connectivity index (χ0n) is 19.4. The molecular weight excluding hydrogens is 456 g/mol. The zero-order valence-corrected chi connectivity index (χ0v) is 21.0. The lowest BCUT2D eigenvalue weighted by Gasteiger charge is -2.32. The van der Waals surface area contributed by atoms with Gasteiger partial charge in [-0.15, -0.1) is 11.8 Å². The third-order valence-corrected chi connectivity index (χ3v) is 7.25. The van der Waals surface area contributed by atoms with Crippen LogP contribution in [0.25, 0.3) is 0 Å². The number of methoxy groups -OCH3 is 1. The van der Waals surface area contributed by atoms with Crippen LogP contribution in [0.4, 0.5) is 0 Å². The lowest BCUT2D eigenvalue weighted by molar-refractivity contribution is -0.139. The fourth-order valence-electron chi connectivity index (χ4n) is 4.19. The van der Waals surface area contributed by atoms with E-state index < -0.39 is 6.04 Å². The summed E-state index contributed by atoms with van der Waals surface area (Å²) in [7, 11) is 1.62. The van der Waals surface area contributed by atoms with Crippen molar-refractivity contribution in [1.82, 2.24) is 10.2 Å². The Bertz CT molecular complexity index is 916. The van der Waals surface area contributed by atoms with Crippen LogP contribution in [0.1, 0.15) is 51.0 Å². The van der Waals surface area contributed by atoms with Gasteiger partial charge in [0, 0.05) is 22.5 Å². The number of hydrogen-bond acceptors (Lipinski definition) is 4. The van der Waals surface area contributed by atoms with E-state index in [2.05, 4.69) is 5.32 Å². The van der Waals surface area contributed by atoms with Gasteiger partial charge in [0.05, 0.1) is 12.9 Å². The van der Waals surface area contributed by atoms with Crippen LogP contribution in [0, 0.1) is 0 Å². The topological polar surface area (TPSA) is 58.6 Å². The first kappa shape index (κ1) is 25.4. The summed E-state index contributed by atoms with van der Waals surface area (Å²) in [6, 6.07) is 14.8. The van der Waals surface area contributed by atoms with Gasteiger partial charge in [-0.3, -0.25) is 9.59 Å². The van der Waals surface area contributed by atoms with E-state index in [1.807, 2.05) is 55.5 Å². The maximum absolute atomic E-state index is 13.4. The standard InChI is InChI=1S/C26H33ClN2O3S/c1-3-24(26(31)28-21-9-5-4-6-10-21)29(17-19-8-7-11-22(16-19)32-2)25(30)18-33-23-14-12-20(27)13-15-23/h7-8,11-16,21,24H,3-6,9-10,17-18H2,1-2H3,(H,28,31)/t24-/m0/s1. The van der Waals surface area contributed by atoms with Crippen LogP contribution in [0.3, 0.4) is 0 Å². The van der Waals surface area contributed by atoms with E-state index in [-0.39, 0.29) is 23.6 Å². The molecule has 7 heteroatoms. The summed E-state index contributed by atoms with van der Waals surface area (Å²) >= 11 is 7.43. The second-order valence-corrected chi connectivity index (χ2v) is 9.87. The molecule has 0 saturated heterocycles. The Balaban J connectivity index is 1.76. The van der Waals surface area contributed by atoms with E-state index in [9.17, 15) is 9.59 Å². The van der Waals surface area contributed by atoms with Gasteiger partial charge in [-0.1, -0.05) is 49.9 Å². The molecule has 0 spiro atoms. The molecule has 1 aliphatic rings. The maximum atomic E-state index is 13.4. The van der Waals surface area contributed by atoms with Gasteiger partial charge >= 0.3 is 0 Å². The Labute approximate surface area is 206 Å². The lowest BCUT2D eigenvalue weighted by Crippen LogP contribution is -2.52. The van der Waals surface area contributed by atoms with Crippen LogP contribution < -0.4 is 10.1 Å². The molecule has 33 heavy (non-hydrogen) atoms. The number of nitrogens with one attached hydrogen (secondary N) is 1. The minimum absolute atomic E-state index is 0.0582. The molecule has 1 atom stereocenters. The highest BCUT2D eigenvalue weighted by molar-refractivity contribution is 8.00. The molecule has 5 nitrogen and oxygen atoms in total. The van der Waals surface area contributed by atoms with E-state index in [1.165, 1.54) is 18.2 Å². The lowest BCUT2D eigenvalue weighted by atomic mass is 9.95. The molecule has 1 saturated carbocycles. The third kappa shape index (κ3) is 7.68. The number of amides is 2. The number of halogens is 1. The summed E-state index contributed by atoms with van der Waals surface area (Å²) in [4.78, 5) is 29.4. The van der Waals surface area contributed by atoms with Gasteiger partial charge in [0.15, 0.2) is 0 Å². The largest absolute Gasteiger partial charge is 0.497 e. The average Bonchev–Trinajstić information content (AvgIpc) is 2.84. The fraction of sp³-hybridized carbons (Fsp3) is 0.462. The van der Waals surface area contributed by atoms with Gasteiger partial charge in [-0.05, 0) is 61.2 Å². The van der Waals surface area contributed by atoms with Crippen molar-refractivity contribution in [3.05, 3.63) is 59.1 Å². The fourth-order valence-corrected chi connectivity index (χ4v) is 5.10. The molecular formula is C26H33ClN2O3S. The van der Waals surface area contributed by atoms with Crippen molar-refractivity contribution in [2.75, 3.05) is 12.9 Å². The molecule has 2 aromatic rings. The molecule has 1 fully saturated rings. The van der Waals surface area contributed by atoms with Crippen molar-refractivity contribution >= 4 is 35.2 Å². The summed E-state index contributed by atoms with van der Waals surface area (Å²) < 4.78 is 5.35. The number of ether oxygens (including phenoxy) is 1.